The maximum absolute atomic E-state index is 5.88. The Morgan fingerprint density at radius 2 is 1.43 bits per heavy atom. The number of methoxy groups -OCH3 is 1. The van der Waals surface area contributed by atoms with Crippen molar-refractivity contribution < 1.29 is 9.47 Å². The summed E-state index contributed by atoms with van der Waals surface area (Å²) in [5.74, 6) is 3.85. The molecule has 0 saturated heterocycles. The van der Waals surface area contributed by atoms with Crippen LogP contribution in [-0.2, 0) is 0 Å². The molecule has 148 valence electrons. The first-order valence-electron chi connectivity index (χ1n) is 9.44. The minimum Gasteiger partial charge on any atom is -0.497 e. The van der Waals surface area contributed by atoms with E-state index in [1.165, 1.54) is 0 Å². The van der Waals surface area contributed by atoms with Gasteiger partial charge in [0.1, 0.15) is 17.2 Å². The van der Waals surface area contributed by atoms with Crippen LogP contribution >= 0.6 is 11.8 Å². The highest BCUT2D eigenvalue weighted by atomic mass is 32.2. The minimum absolute atomic E-state index is 0.710. The number of rotatable bonds is 5. The van der Waals surface area contributed by atoms with Crippen LogP contribution in [0, 0.1) is 0 Å². The standard InChI is InChI=1S/C23H18N4O2S/c1-28-18-11-9-17(10-12-18)22-24-25-23-27(22)26-21(15-30-23)16-7-13-20(14-8-16)29-19-5-3-2-4-6-19/h2-14H,15H2,1H3. The van der Waals surface area contributed by atoms with Gasteiger partial charge >= 0.3 is 0 Å². The molecule has 0 bridgehead atoms. The fourth-order valence-corrected chi connectivity index (χ4v) is 3.97. The van der Waals surface area contributed by atoms with Crippen LogP contribution in [0.2, 0.25) is 0 Å². The number of benzene rings is 3. The van der Waals surface area contributed by atoms with E-state index in [-0.39, 0.29) is 0 Å². The number of thioether (sulfide) groups is 1. The van der Waals surface area contributed by atoms with Crippen LogP contribution in [0.3, 0.4) is 0 Å². The number of fused-ring (bicyclic) bond motifs is 1. The highest BCUT2D eigenvalue weighted by molar-refractivity contribution is 7.99. The molecule has 0 atom stereocenters. The molecule has 4 aromatic rings. The molecule has 30 heavy (non-hydrogen) atoms. The van der Waals surface area contributed by atoms with Crippen LogP contribution in [0.5, 0.6) is 17.2 Å². The Labute approximate surface area is 178 Å². The molecule has 1 aromatic heterocycles. The summed E-state index contributed by atoms with van der Waals surface area (Å²) in [5.41, 5.74) is 2.95. The average molecular weight is 414 g/mol. The molecular formula is C23H18N4O2S. The maximum atomic E-state index is 5.88. The summed E-state index contributed by atoms with van der Waals surface area (Å²) in [6, 6.07) is 25.4. The number of para-hydroxylation sites is 1. The van der Waals surface area contributed by atoms with Crippen molar-refractivity contribution in [1.29, 1.82) is 0 Å². The predicted octanol–water partition coefficient (Wildman–Crippen LogP) is 5.10. The van der Waals surface area contributed by atoms with Gasteiger partial charge in [-0.25, -0.2) is 0 Å². The lowest BCUT2D eigenvalue weighted by atomic mass is 10.1. The SMILES string of the molecule is COc1ccc(-c2nnc3n2N=C(c2ccc(Oc4ccccc4)cc2)CS3)cc1. The molecule has 1 aliphatic heterocycles. The van der Waals surface area contributed by atoms with Crippen molar-refractivity contribution in [2.75, 3.05) is 12.9 Å². The number of aromatic nitrogens is 3. The summed E-state index contributed by atoms with van der Waals surface area (Å²) in [5, 5.41) is 14.2. The van der Waals surface area contributed by atoms with Gasteiger partial charge in [-0.15, -0.1) is 10.2 Å². The van der Waals surface area contributed by atoms with Crippen molar-refractivity contribution in [1.82, 2.24) is 14.9 Å². The Balaban J connectivity index is 1.41. The molecule has 0 spiro atoms. The number of hydrogen-bond donors (Lipinski definition) is 0. The minimum atomic E-state index is 0.710. The molecule has 0 unspecified atom stereocenters. The summed E-state index contributed by atoms with van der Waals surface area (Å²) in [7, 11) is 1.65. The lowest BCUT2D eigenvalue weighted by Gasteiger charge is -2.14. The van der Waals surface area contributed by atoms with E-state index in [2.05, 4.69) is 10.2 Å². The molecule has 0 N–H and O–H groups in total. The Hall–Kier alpha value is -3.58. The van der Waals surface area contributed by atoms with Crippen molar-refractivity contribution in [2.45, 2.75) is 5.16 Å². The van der Waals surface area contributed by atoms with E-state index < -0.39 is 0 Å². The molecule has 0 saturated carbocycles. The molecule has 0 radical (unpaired) electrons. The number of hydrogen-bond acceptors (Lipinski definition) is 6. The summed E-state index contributed by atoms with van der Waals surface area (Å²) in [4.78, 5) is 0. The van der Waals surface area contributed by atoms with Gasteiger partial charge in [-0.05, 0) is 66.2 Å². The molecule has 1 aliphatic rings. The second-order valence-corrected chi connectivity index (χ2v) is 7.56. The Kier molecular flexibility index (Phi) is 4.94. The molecule has 0 aliphatic carbocycles. The largest absolute Gasteiger partial charge is 0.497 e. The third kappa shape index (κ3) is 3.67. The molecule has 6 nitrogen and oxygen atoms in total. The fourth-order valence-electron chi connectivity index (χ4n) is 3.13. The first kappa shape index (κ1) is 18.4. The predicted molar refractivity (Wildman–Crippen MR) is 118 cm³/mol. The quantitative estimate of drug-likeness (QED) is 0.454. The van der Waals surface area contributed by atoms with Gasteiger partial charge in [-0.2, -0.15) is 9.78 Å². The second kappa shape index (κ2) is 8.04. The van der Waals surface area contributed by atoms with Crippen LogP contribution in [-0.4, -0.2) is 33.4 Å². The van der Waals surface area contributed by atoms with Crippen molar-refractivity contribution in [3.63, 3.8) is 0 Å². The first-order valence-corrected chi connectivity index (χ1v) is 10.4. The van der Waals surface area contributed by atoms with Crippen LogP contribution in [0.25, 0.3) is 11.4 Å². The van der Waals surface area contributed by atoms with Gasteiger partial charge in [0.2, 0.25) is 5.16 Å². The average Bonchev–Trinajstić information content (AvgIpc) is 3.24. The summed E-state index contributed by atoms with van der Waals surface area (Å²) >= 11 is 1.62. The van der Waals surface area contributed by atoms with Gasteiger partial charge in [-0.3, -0.25) is 0 Å². The highest BCUT2D eigenvalue weighted by Crippen LogP contribution is 2.30. The van der Waals surface area contributed by atoms with E-state index in [4.69, 9.17) is 14.6 Å². The lowest BCUT2D eigenvalue weighted by molar-refractivity contribution is 0.415. The maximum Gasteiger partial charge on any atom is 0.212 e. The zero-order valence-corrected chi connectivity index (χ0v) is 17.0. The van der Waals surface area contributed by atoms with E-state index in [1.807, 2.05) is 78.9 Å². The normalized spacial score (nSPS) is 12.8. The zero-order valence-electron chi connectivity index (χ0n) is 16.2. The van der Waals surface area contributed by atoms with Gasteiger partial charge in [0.15, 0.2) is 5.82 Å². The van der Waals surface area contributed by atoms with Crippen LogP contribution in [0.1, 0.15) is 5.56 Å². The fraction of sp³-hybridized carbons (Fsp3) is 0.0870. The van der Waals surface area contributed by atoms with E-state index in [0.29, 0.717) is 5.82 Å². The molecular weight excluding hydrogens is 396 g/mol. The monoisotopic (exact) mass is 414 g/mol. The third-order valence-corrected chi connectivity index (χ3v) is 5.62. The number of nitrogens with zero attached hydrogens (tertiary/aromatic N) is 4. The van der Waals surface area contributed by atoms with Gasteiger partial charge in [0.05, 0.1) is 12.8 Å². The van der Waals surface area contributed by atoms with Crippen LogP contribution < -0.4 is 9.47 Å². The summed E-state index contributed by atoms with van der Waals surface area (Å²) in [6.07, 6.45) is 0. The molecule has 7 heteroatoms. The van der Waals surface area contributed by atoms with Gasteiger partial charge in [0.25, 0.3) is 0 Å². The molecule has 0 amide bonds. The van der Waals surface area contributed by atoms with Gasteiger partial charge in [-0.1, -0.05) is 30.0 Å². The second-order valence-electron chi connectivity index (χ2n) is 6.62. The summed E-state index contributed by atoms with van der Waals surface area (Å²) < 4.78 is 12.9. The Bertz CT molecular complexity index is 1190. The van der Waals surface area contributed by atoms with E-state index in [0.717, 1.165) is 45.0 Å². The molecule has 5 rings (SSSR count). The van der Waals surface area contributed by atoms with Crippen LogP contribution in [0.4, 0.5) is 0 Å². The topological polar surface area (TPSA) is 61.5 Å². The smallest absolute Gasteiger partial charge is 0.212 e. The Morgan fingerprint density at radius 3 is 2.17 bits per heavy atom. The number of ether oxygens (including phenoxy) is 2. The molecule has 0 fully saturated rings. The van der Waals surface area contributed by atoms with Gasteiger partial charge in [0, 0.05) is 11.3 Å². The Morgan fingerprint density at radius 1 is 0.767 bits per heavy atom. The highest BCUT2D eigenvalue weighted by Gasteiger charge is 2.20. The van der Waals surface area contributed by atoms with Crippen molar-refractivity contribution in [2.24, 2.45) is 5.10 Å². The first-order chi connectivity index (χ1) is 14.8. The lowest BCUT2D eigenvalue weighted by Crippen LogP contribution is -2.13. The van der Waals surface area contributed by atoms with Crippen molar-refractivity contribution in [3.8, 4) is 28.6 Å². The van der Waals surface area contributed by atoms with E-state index >= 15 is 0 Å². The third-order valence-electron chi connectivity index (χ3n) is 4.69. The van der Waals surface area contributed by atoms with Gasteiger partial charge < -0.3 is 9.47 Å². The zero-order chi connectivity index (χ0) is 20.3. The van der Waals surface area contributed by atoms with E-state index in [9.17, 15) is 0 Å². The van der Waals surface area contributed by atoms with Crippen molar-refractivity contribution in [3.05, 3.63) is 84.4 Å². The molecule has 2 heterocycles. The summed E-state index contributed by atoms with van der Waals surface area (Å²) in [6.45, 7) is 0. The molecule has 3 aromatic carbocycles. The van der Waals surface area contributed by atoms with E-state index in [1.54, 1.807) is 23.5 Å². The van der Waals surface area contributed by atoms with Crippen molar-refractivity contribution >= 4 is 17.5 Å². The van der Waals surface area contributed by atoms with Crippen LogP contribution in [0.15, 0.2) is 89.1 Å².